The normalized spacial score (nSPS) is 12.0. The van der Waals surface area contributed by atoms with Crippen LogP contribution in [0, 0.1) is 0 Å². The van der Waals surface area contributed by atoms with Crippen LogP contribution in [-0.2, 0) is 0 Å². The fraction of sp³-hybridized carbons (Fsp3) is 0. The highest BCUT2D eigenvalue weighted by Crippen LogP contribution is 2.36. The molecule has 0 amide bonds. The molecule has 0 radical (unpaired) electrons. The van der Waals surface area contributed by atoms with Crippen molar-refractivity contribution < 1.29 is 0 Å². The largest absolute Gasteiger partial charge is 0.370 e. The van der Waals surface area contributed by atoms with Crippen LogP contribution in [0.2, 0.25) is 0 Å². The highest BCUT2D eigenvalue weighted by molar-refractivity contribution is 6.03. The monoisotopic (exact) mass is 326 g/mol. The van der Waals surface area contributed by atoms with Gasteiger partial charge in [0.1, 0.15) is 5.69 Å². The summed E-state index contributed by atoms with van der Waals surface area (Å²) < 4.78 is 0. The maximum atomic E-state index is 5.73. The summed E-state index contributed by atoms with van der Waals surface area (Å²) in [5.41, 5.74) is 33.4. The number of nitrogens with zero attached hydrogens (tertiary/aromatic N) is 4. The average Bonchev–Trinajstić information content (AvgIpc) is 2.48. The van der Waals surface area contributed by atoms with E-state index >= 15 is 0 Å². The Morgan fingerprint density at radius 3 is 1.88 bits per heavy atom. The van der Waals surface area contributed by atoms with Gasteiger partial charge in [-0.15, -0.1) is 0 Å². The number of hydrogen-bond donors (Lipinski definition) is 6. The lowest BCUT2D eigenvalue weighted by Crippen LogP contribution is -2.26. The number of fused-ring (bicyclic) bond motifs is 1. The maximum Gasteiger partial charge on any atom is 0.223 e. The van der Waals surface area contributed by atoms with Crippen molar-refractivity contribution >= 4 is 46.0 Å². The van der Waals surface area contributed by atoms with E-state index in [1.54, 1.807) is 6.07 Å². The van der Waals surface area contributed by atoms with Crippen LogP contribution in [0.5, 0.6) is 0 Å². The zero-order chi connectivity index (χ0) is 17.7. The molecule has 0 saturated carbocycles. The summed E-state index contributed by atoms with van der Waals surface area (Å²) >= 11 is 0. The first-order valence-corrected chi connectivity index (χ1v) is 6.76. The molecular formula is C14H18N10. The van der Waals surface area contributed by atoms with E-state index in [1.807, 2.05) is 30.3 Å². The Morgan fingerprint density at radius 1 is 0.667 bits per heavy atom. The predicted molar refractivity (Wildman–Crippen MR) is 98.1 cm³/mol. The van der Waals surface area contributed by atoms with Crippen LogP contribution < -0.4 is 34.4 Å². The lowest BCUT2D eigenvalue weighted by Gasteiger charge is -2.07. The van der Waals surface area contributed by atoms with E-state index in [-0.39, 0.29) is 23.8 Å². The standard InChI is InChI=1S/C14H18N10/c15-11(16)23-13(19)21-9-6-5-7-3-1-2-4-8(7)10(9)22-14(20)24-12(17)18/h1-6H,(H6,15,16,19,21,23)(H6,17,18,20,22,24). The lowest BCUT2D eigenvalue weighted by atomic mass is 10.1. The molecule has 0 aromatic heterocycles. The van der Waals surface area contributed by atoms with Crippen molar-refractivity contribution in [1.29, 1.82) is 0 Å². The minimum atomic E-state index is -0.207. The first kappa shape index (κ1) is 16.5. The van der Waals surface area contributed by atoms with Gasteiger partial charge in [0.2, 0.25) is 11.9 Å². The molecular weight excluding hydrogens is 308 g/mol. The van der Waals surface area contributed by atoms with Gasteiger partial charge in [-0.2, -0.15) is 9.98 Å². The maximum absolute atomic E-state index is 5.73. The second-order valence-electron chi connectivity index (χ2n) is 4.67. The summed E-state index contributed by atoms with van der Waals surface area (Å²) in [5, 5.41) is 1.71. The van der Waals surface area contributed by atoms with Gasteiger partial charge in [0.25, 0.3) is 0 Å². The van der Waals surface area contributed by atoms with E-state index < -0.39 is 0 Å². The van der Waals surface area contributed by atoms with Crippen LogP contribution in [0.25, 0.3) is 10.8 Å². The van der Waals surface area contributed by atoms with E-state index in [4.69, 9.17) is 34.4 Å². The Bertz CT molecular complexity index is 870. The summed E-state index contributed by atoms with van der Waals surface area (Å²) in [7, 11) is 0. The molecule has 2 aromatic carbocycles. The van der Waals surface area contributed by atoms with Gasteiger partial charge in [-0.3, -0.25) is 0 Å². The zero-order valence-corrected chi connectivity index (χ0v) is 12.7. The minimum absolute atomic E-state index is 0.122. The van der Waals surface area contributed by atoms with Crippen LogP contribution >= 0.6 is 0 Å². The number of hydrogen-bond acceptors (Lipinski definition) is 2. The molecule has 2 aromatic rings. The third kappa shape index (κ3) is 4.10. The Kier molecular flexibility index (Phi) is 4.80. The van der Waals surface area contributed by atoms with Crippen molar-refractivity contribution in [1.82, 2.24) is 0 Å². The third-order valence-corrected chi connectivity index (χ3v) is 2.83. The molecule has 12 N–H and O–H groups in total. The number of benzene rings is 2. The molecule has 0 fully saturated rings. The Labute approximate surface area is 137 Å². The second kappa shape index (κ2) is 6.96. The van der Waals surface area contributed by atoms with Crippen molar-refractivity contribution in [2.24, 2.45) is 54.4 Å². The molecule has 0 aliphatic carbocycles. The van der Waals surface area contributed by atoms with E-state index in [0.29, 0.717) is 11.4 Å². The molecule has 0 spiro atoms. The highest BCUT2D eigenvalue weighted by atomic mass is 15.1. The zero-order valence-electron chi connectivity index (χ0n) is 12.7. The van der Waals surface area contributed by atoms with Gasteiger partial charge in [0, 0.05) is 5.39 Å². The van der Waals surface area contributed by atoms with E-state index in [1.165, 1.54) is 0 Å². The van der Waals surface area contributed by atoms with Gasteiger partial charge in [0.05, 0.1) is 5.69 Å². The summed E-state index contributed by atoms with van der Waals surface area (Å²) in [6.45, 7) is 0. The molecule has 2 rings (SSSR count). The quantitative estimate of drug-likeness (QED) is 0.310. The minimum Gasteiger partial charge on any atom is -0.370 e. The Morgan fingerprint density at radius 2 is 1.25 bits per heavy atom. The molecule has 0 bridgehead atoms. The van der Waals surface area contributed by atoms with Gasteiger partial charge < -0.3 is 34.4 Å². The van der Waals surface area contributed by atoms with Crippen molar-refractivity contribution in [2.75, 3.05) is 0 Å². The highest BCUT2D eigenvalue weighted by Gasteiger charge is 2.08. The van der Waals surface area contributed by atoms with Crippen molar-refractivity contribution in [3.63, 3.8) is 0 Å². The summed E-state index contributed by atoms with van der Waals surface area (Å²) in [5.74, 6) is -0.658. The van der Waals surface area contributed by atoms with Gasteiger partial charge in [-0.05, 0) is 11.5 Å². The molecule has 0 atom stereocenters. The van der Waals surface area contributed by atoms with Gasteiger partial charge in [-0.1, -0.05) is 30.3 Å². The topological polar surface area (TPSA) is 206 Å². The van der Waals surface area contributed by atoms with E-state index in [9.17, 15) is 0 Å². The molecule has 0 saturated heterocycles. The summed E-state index contributed by atoms with van der Waals surface area (Å²) in [4.78, 5) is 15.8. The molecule has 24 heavy (non-hydrogen) atoms. The van der Waals surface area contributed by atoms with Crippen LogP contribution in [0.1, 0.15) is 0 Å². The lowest BCUT2D eigenvalue weighted by molar-refractivity contribution is 1.35. The van der Waals surface area contributed by atoms with Gasteiger partial charge >= 0.3 is 0 Å². The third-order valence-electron chi connectivity index (χ3n) is 2.83. The van der Waals surface area contributed by atoms with Crippen LogP contribution in [0.15, 0.2) is 56.4 Å². The molecule has 124 valence electrons. The Hall–Kier alpha value is -3.82. The Balaban J connectivity index is 2.70. The molecule has 0 aliphatic rings. The second-order valence-corrected chi connectivity index (χ2v) is 4.67. The summed E-state index contributed by atoms with van der Waals surface area (Å²) in [6, 6.07) is 11.1. The van der Waals surface area contributed by atoms with Crippen molar-refractivity contribution in [2.45, 2.75) is 0 Å². The van der Waals surface area contributed by atoms with E-state index in [2.05, 4.69) is 20.0 Å². The van der Waals surface area contributed by atoms with Crippen LogP contribution in [0.3, 0.4) is 0 Å². The average molecular weight is 326 g/mol. The van der Waals surface area contributed by atoms with Crippen LogP contribution in [-0.4, -0.2) is 23.8 Å². The molecule has 0 heterocycles. The fourth-order valence-corrected chi connectivity index (χ4v) is 2.00. The first-order chi connectivity index (χ1) is 11.4. The van der Waals surface area contributed by atoms with E-state index in [0.717, 1.165) is 10.8 Å². The smallest absolute Gasteiger partial charge is 0.223 e. The number of aliphatic imine (C=N–C) groups is 4. The van der Waals surface area contributed by atoms with Crippen LogP contribution in [0.4, 0.5) is 11.4 Å². The van der Waals surface area contributed by atoms with Gasteiger partial charge in [0.15, 0.2) is 11.9 Å². The van der Waals surface area contributed by atoms with Crippen molar-refractivity contribution in [3.05, 3.63) is 36.4 Å². The molecule has 0 unspecified atom stereocenters. The van der Waals surface area contributed by atoms with Gasteiger partial charge in [-0.25, -0.2) is 9.98 Å². The number of rotatable bonds is 2. The SMILES string of the molecule is NC(N)=NC(N)=Nc1ccc2ccccc2c1N=C(N)N=C(N)N. The van der Waals surface area contributed by atoms with Crippen molar-refractivity contribution in [3.8, 4) is 0 Å². The summed E-state index contributed by atoms with van der Waals surface area (Å²) in [6.07, 6.45) is 0. The number of guanidine groups is 4. The number of nitrogens with two attached hydrogens (primary N) is 6. The fourth-order valence-electron chi connectivity index (χ4n) is 2.00. The molecule has 0 aliphatic heterocycles. The molecule has 10 heteroatoms. The molecule has 10 nitrogen and oxygen atoms in total. The first-order valence-electron chi connectivity index (χ1n) is 6.76. The predicted octanol–water partition coefficient (Wildman–Crippen LogP) is -0.721.